The lowest BCUT2D eigenvalue weighted by molar-refractivity contribution is 0.174. The molecule has 0 fully saturated rings. The van der Waals surface area contributed by atoms with Crippen molar-refractivity contribution in [2.75, 3.05) is 6.79 Å². The van der Waals surface area contributed by atoms with Crippen LogP contribution in [0.3, 0.4) is 0 Å². The summed E-state index contributed by atoms with van der Waals surface area (Å²) in [5.41, 5.74) is 5.66. The van der Waals surface area contributed by atoms with Crippen molar-refractivity contribution in [2.24, 2.45) is 0 Å². The van der Waals surface area contributed by atoms with Gasteiger partial charge < -0.3 is 14.8 Å². The van der Waals surface area contributed by atoms with Gasteiger partial charge in [0.25, 0.3) is 0 Å². The van der Waals surface area contributed by atoms with Crippen molar-refractivity contribution >= 4 is 0 Å². The quantitative estimate of drug-likeness (QED) is 0.912. The van der Waals surface area contributed by atoms with E-state index < -0.39 is 0 Å². The zero-order valence-corrected chi connectivity index (χ0v) is 13.8. The van der Waals surface area contributed by atoms with E-state index in [-0.39, 0.29) is 6.04 Å². The average Bonchev–Trinajstić information content (AvgIpc) is 3.21. The fraction of sp³-hybridized carbons (Fsp3) is 0.400. The van der Waals surface area contributed by atoms with E-state index in [4.69, 9.17) is 9.47 Å². The first kappa shape index (κ1) is 14.6. The number of rotatable bonds is 4. The first-order chi connectivity index (χ1) is 11.2. The number of hydrogen-bond donors (Lipinski definition) is 1. The largest absolute Gasteiger partial charge is 0.454 e. The van der Waals surface area contributed by atoms with Gasteiger partial charge in [0.1, 0.15) is 0 Å². The summed E-state index contributed by atoms with van der Waals surface area (Å²) < 4.78 is 10.9. The molecule has 120 valence electrons. The van der Waals surface area contributed by atoms with Crippen molar-refractivity contribution in [1.29, 1.82) is 0 Å². The first-order valence-corrected chi connectivity index (χ1v) is 8.48. The highest BCUT2D eigenvalue weighted by molar-refractivity contribution is 5.45. The first-order valence-electron chi connectivity index (χ1n) is 8.48. The summed E-state index contributed by atoms with van der Waals surface area (Å²) in [6, 6.07) is 13.7. The third kappa shape index (κ3) is 2.81. The Bertz CT molecular complexity index is 664. The van der Waals surface area contributed by atoms with E-state index in [1.165, 1.54) is 41.5 Å². The van der Waals surface area contributed by atoms with Crippen molar-refractivity contribution in [3.05, 3.63) is 58.7 Å². The number of aryl methyl sites for hydroxylation is 2. The summed E-state index contributed by atoms with van der Waals surface area (Å²) in [5, 5.41) is 3.70. The SMILES string of the molecule is CC(NC(C)c1ccc2c(c1)OCO2)c1ccc2c(c1)CCC2. The molecule has 0 amide bonds. The Morgan fingerprint density at radius 3 is 2.39 bits per heavy atom. The summed E-state index contributed by atoms with van der Waals surface area (Å²) in [4.78, 5) is 0. The molecule has 2 aliphatic rings. The van der Waals surface area contributed by atoms with E-state index in [0.717, 1.165) is 11.5 Å². The molecule has 0 spiro atoms. The molecule has 2 atom stereocenters. The minimum Gasteiger partial charge on any atom is -0.454 e. The molecule has 0 aromatic heterocycles. The van der Waals surface area contributed by atoms with Gasteiger partial charge in [0.15, 0.2) is 11.5 Å². The molecule has 2 unspecified atom stereocenters. The molecule has 0 saturated carbocycles. The molecular weight excluding hydrogens is 286 g/mol. The molecule has 1 heterocycles. The molecule has 3 nitrogen and oxygen atoms in total. The van der Waals surface area contributed by atoms with Gasteiger partial charge in [-0.05, 0) is 67.5 Å². The van der Waals surface area contributed by atoms with Gasteiger partial charge in [0, 0.05) is 12.1 Å². The second-order valence-corrected chi connectivity index (χ2v) is 6.60. The zero-order valence-electron chi connectivity index (χ0n) is 13.8. The molecule has 1 aliphatic carbocycles. The lowest BCUT2D eigenvalue weighted by Gasteiger charge is -2.21. The van der Waals surface area contributed by atoms with Gasteiger partial charge in [-0.25, -0.2) is 0 Å². The highest BCUT2D eigenvalue weighted by Crippen LogP contribution is 2.34. The predicted molar refractivity (Wildman–Crippen MR) is 91.0 cm³/mol. The van der Waals surface area contributed by atoms with E-state index in [1.54, 1.807) is 0 Å². The highest BCUT2D eigenvalue weighted by Gasteiger charge is 2.18. The Hall–Kier alpha value is -2.00. The lowest BCUT2D eigenvalue weighted by atomic mass is 10.0. The van der Waals surface area contributed by atoms with Crippen molar-refractivity contribution in [2.45, 2.75) is 45.2 Å². The molecule has 3 heteroatoms. The van der Waals surface area contributed by atoms with Crippen molar-refractivity contribution in [3.63, 3.8) is 0 Å². The van der Waals surface area contributed by atoms with E-state index in [1.807, 2.05) is 6.07 Å². The number of nitrogens with one attached hydrogen (secondary N) is 1. The van der Waals surface area contributed by atoms with Crippen LogP contribution in [0.25, 0.3) is 0 Å². The van der Waals surface area contributed by atoms with Crippen molar-refractivity contribution in [1.82, 2.24) is 5.32 Å². The molecule has 2 aromatic carbocycles. The van der Waals surface area contributed by atoms with E-state index in [9.17, 15) is 0 Å². The maximum atomic E-state index is 5.48. The molecule has 0 radical (unpaired) electrons. The third-order valence-electron chi connectivity index (χ3n) is 5.02. The maximum Gasteiger partial charge on any atom is 0.231 e. The molecule has 4 rings (SSSR count). The van der Waals surface area contributed by atoms with Crippen LogP contribution in [0.2, 0.25) is 0 Å². The molecule has 2 aromatic rings. The molecule has 1 aliphatic heterocycles. The molecule has 0 bridgehead atoms. The average molecular weight is 309 g/mol. The van der Waals surface area contributed by atoms with E-state index in [0.29, 0.717) is 12.8 Å². The van der Waals surface area contributed by atoms with Crippen LogP contribution in [0.4, 0.5) is 0 Å². The van der Waals surface area contributed by atoms with E-state index >= 15 is 0 Å². The Kier molecular flexibility index (Phi) is 3.74. The summed E-state index contributed by atoms with van der Waals surface area (Å²) in [6.07, 6.45) is 3.77. The Morgan fingerprint density at radius 1 is 0.826 bits per heavy atom. The molecule has 0 saturated heterocycles. The number of ether oxygens (including phenoxy) is 2. The summed E-state index contributed by atoms with van der Waals surface area (Å²) >= 11 is 0. The van der Waals surface area contributed by atoms with Gasteiger partial charge in [-0.15, -0.1) is 0 Å². The second kappa shape index (κ2) is 5.89. The van der Waals surface area contributed by atoms with Crippen LogP contribution in [0, 0.1) is 0 Å². The second-order valence-electron chi connectivity index (χ2n) is 6.60. The third-order valence-corrected chi connectivity index (χ3v) is 5.02. The Labute approximate surface area is 137 Å². The topological polar surface area (TPSA) is 30.5 Å². The van der Waals surface area contributed by atoms with Crippen LogP contribution in [-0.2, 0) is 12.8 Å². The highest BCUT2D eigenvalue weighted by atomic mass is 16.7. The Balaban J connectivity index is 1.48. The normalized spacial score (nSPS) is 17.8. The van der Waals surface area contributed by atoms with Crippen LogP contribution < -0.4 is 14.8 Å². The standard InChI is InChI=1S/C20H23NO2/c1-13(16-7-6-15-4-3-5-18(15)10-16)21-14(2)17-8-9-19-20(11-17)23-12-22-19/h6-11,13-14,21H,3-5,12H2,1-2H3. The smallest absolute Gasteiger partial charge is 0.231 e. The van der Waals surface area contributed by atoms with E-state index in [2.05, 4.69) is 49.5 Å². The number of hydrogen-bond acceptors (Lipinski definition) is 3. The van der Waals surface area contributed by atoms with Gasteiger partial charge in [-0.3, -0.25) is 0 Å². The summed E-state index contributed by atoms with van der Waals surface area (Å²) in [7, 11) is 0. The van der Waals surface area contributed by atoms with Crippen LogP contribution in [-0.4, -0.2) is 6.79 Å². The minimum atomic E-state index is 0.257. The molecular formula is C20H23NO2. The van der Waals surface area contributed by atoms with Gasteiger partial charge in [0.2, 0.25) is 6.79 Å². The summed E-state index contributed by atoms with van der Waals surface area (Å²) in [6.45, 7) is 4.76. The van der Waals surface area contributed by atoms with Crippen LogP contribution in [0.5, 0.6) is 11.5 Å². The monoisotopic (exact) mass is 309 g/mol. The molecule has 23 heavy (non-hydrogen) atoms. The van der Waals surface area contributed by atoms with Gasteiger partial charge in [-0.2, -0.15) is 0 Å². The summed E-state index contributed by atoms with van der Waals surface area (Å²) in [5.74, 6) is 1.69. The fourth-order valence-corrected chi connectivity index (χ4v) is 3.61. The molecule has 1 N–H and O–H groups in total. The van der Waals surface area contributed by atoms with Gasteiger partial charge in [0.05, 0.1) is 0 Å². The number of fused-ring (bicyclic) bond motifs is 2. The predicted octanol–water partition coefficient (Wildman–Crippen LogP) is 4.32. The van der Waals surface area contributed by atoms with Gasteiger partial charge >= 0.3 is 0 Å². The van der Waals surface area contributed by atoms with Crippen molar-refractivity contribution < 1.29 is 9.47 Å². The van der Waals surface area contributed by atoms with Crippen molar-refractivity contribution in [3.8, 4) is 11.5 Å². The minimum absolute atomic E-state index is 0.257. The van der Waals surface area contributed by atoms with Crippen LogP contribution in [0.15, 0.2) is 36.4 Å². The zero-order chi connectivity index (χ0) is 15.8. The Morgan fingerprint density at radius 2 is 1.52 bits per heavy atom. The van der Waals surface area contributed by atoms with Crippen LogP contribution in [0.1, 0.15) is 54.6 Å². The fourth-order valence-electron chi connectivity index (χ4n) is 3.61. The maximum absolute atomic E-state index is 5.48. The van der Waals surface area contributed by atoms with Crippen LogP contribution >= 0.6 is 0 Å². The number of benzene rings is 2. The lowest BCUT2D eigenvalue weighted by Crippen LogP contribution is -2.22. The van der Waals surface area contributed by atoms with Gasteiger partial charge in [-0.1, -0.05) is 24.3 Å².